The Morgan fingerprint density at radius 1 is 1.16 bits per heavy atom. The number of carbonyl (C=O) groups is 1. The highest BCUT2D eigenvalue weighted by Gasteiger charge is 2.11. The highest BCUT2D eigenvalue weighted by Crippen LogP contribution is 2.24. The molecule has 0 saturated heterocycles. The van der Waals surface area contributed by atoms with Crippen LogP contribution >= 0.6 is 31.9 Å². The van der Waals surface area contributed by atoms with E-state index in [2.05, 4.69) is 37.2 Å². The molecule has 1 amide bonds. The second kappa shape index (κ2) is 5.75. The summed E-state index contributed by atoms with van der Waals surface area (Å²) in [5.41, 5.74) is 1.91. The summed E-state index contributed by atoms with van der Waals surface area (Å²) in [6.07, 6.45) is 0. The van der Waals surface area contributed by atoms with Crippen molar-refractivity contribution < 1.29 is 9.90 Å². The summed E-state index contributed by atoms with van der Waals surface area (Å²) < 4.78 is 1.62. The van der Waals surface area contributed by atoms with E-state index in [-0.39, 0.29) is 11.7 Å². The minimum absolute atomic E-state index is 0.204. The molecule has 2 N–H and O–H groups in total. The Balaban J connectivity index is 2.23. The lowest BCUT2D eigenvalue weighted by molar-refractivity contribution is 0.102. The highest BCUT2D eigenvalue weighted by molar-refractivity contribution is 9.11. The van der Waals surface area contributed by atoms with Crippen LogP contribution in [-0.4, -0.2) is 11.0 Å². The number of hydrogen-bond donors (Lipinski definition) is 2. The lowest BCUT2D eigenvalue weighted by Gasteiger charge is -2.08. The fourth-order valence-corrected chi connectivity index (χ4v) is 2.83. The van der Waals surface area contributed by atoms with Crippen LogP contribution in [0.4, 0.5) is 5.69 Å². The number of anilines is 1. The van der Waals surface area contributed by atoms with Gasteiger partial charge in [0.15, 0.2) is 0 Å². The average molecular weight is 385 g/mol. The summed E-state index contributed by atoms with van der Waals surface area (Å²) in [7, 11) is 0. The first-order chi connectivity index (χ1) is 8.97. The number of rotatable bonds is 2. The Hall–Kier alpha value is -1.33. The summed E-state index contributed by atoms with van der Waals surface area (Å²) in [6, 6.07) is 10.3. The predicted octanol–water partition coefficient (Wildman–Crippen LogP) is 4.48. The molecule has 98 valence electrons. The van der Waals surface area contributed by atoms with Gasteiger partial charge in [-0.1, -0.05) is 15.9 Å². The van der Waals surface area contributed by atoms with Crippen LogP contribution in [0.5, 0.6) is 5.75 Å². The second-order valence-corrected chi connectivity index (χ2v) is 5.85. The van der Waals surface area contributed by atoms with Gasteiger partial charge in [0.25, 0.3) is 5.91 Å². The number of amides is 1. The molecule has 19 heavy (non-hydrogen) atoms. The first-order valence-electron chi connectivity index (χ1n) is 5.53. The van der Waals surface area contributed by atoms with E-state index < -0.39 is 0 Å². The van der Waals surface area contributed by atoms with Gasteiger partial charge in [0.05, 0.1) is 5.56 Å². The maximum absolute atomic E-state index is 12.1. The second-order valence-electron chi connectivity index (χ2n) is 4.08. The van der Waals surface area contributed by atoms with Crippen molar-refractivity contribution in [2.24, 2.45) is 0 Å². The van der Waals surface area contributed by atoms with Crippen molar-refractivity contribution >= 4 is 43.5 Å². The summed E-state index contributed by atoms with van der Waals surface area (Å²) >= 11 is 6.70. The Morgan fingerprint density at radius 2 is 1.89 bits per heavy atom. The first-order valence-corrected chi connectivity index (χ1v) is 7.12. The van der Waals surface area contributed by atoms with Crippen LogP contribution in [0, 0.1) is 6.92 Å². The summed E-state index contributed by atoms with van der Waals surface area (Å²) in [5, 5.41) is 12.2. The third kappa shape index (κ3) is 3.36. The lowest BCUT2D eigenvalue weighted by atomic mass is 10.1. The maximum Gasteiger partial charge on any atom is 0.256 e. The third-order valence-corrected chi connectivity index (χ3v) is 3.78. The van der Waals surface area contributed by atoms with Gasteiger partial charge in [-0.3, -0.25) is 4.79 Å². The Morgan fingerprint density at radius 3 is 2.53 bits per heavy atom. The molecule has 0 atom stereocenters. The zero-order chi connectivity index (χ0) is 14.0. The summed E-state index contributed by atoms with van der Waals surface area (Å²) in [5.74, 6) is 0.00675. The molecule has 5 heteroatoms. The number of benzene rings is 2. The van der Waals surface area contributed by atoms with E-state index >= 15 is 0 Å². The topological polar surface area (TPSA) is 49.3 Å². The number of phenols is 1. The van der Waals surface area contributed by atoms with Gasteiger partial charge >= 0.3 is 0 Å². The van der Waals surface area contributed by atoms with E-state index in [9.17, 15) is 9.90 Å². The van der Waals surface area contributed by atoms with Crippen molar-refractivity contribution in [1.29, 1.82) is 0 Å². The Labute approximate surface area is 127 Å². The van der Waals surface area contributed by atoms with Crippen LogP contribution in [0.3, 0.4) is 0 Å². The van der Waals surface area contributed by atoms with E-state index in [0.717, 1.165) is 8.95 Å². The van der Waals surface area contributed by atoms with Gasteiger partial charge in [0, 0.05) is 14.6 Å². The van der Waals surface area contributed by atoms with Crippen molar-refractivity contribution in [3.8, 4) is 5.75 Å². The zero-order valence-corrected chi connectivity index (χ0v) is 13.2. The molecule has 0 aromatic heterocycles. The molecule has 0 unspecified atom stereocenters. The van der Waals surface area contributed by atoms with E-state index in [1.54, 1.807) is 31.2 Å². The minimum Gasteiger partial charge on any atom is -0.508 e. The fraction of sp³-hybridized carbons (Fsp3) is 0.0714. The lowest BCUT2D eigenvalue weighted by Crippen LogP contribution is -2.12. The fourth-order valence-electron chi connectivity index (χ4n) is 1.61. The molecule has 0 radical (unpaired) electrons. The molecule has 0 bridgehead atoms. The van der Waals surface area contributed by atoms with Crippen LogP contribution < -0.4 is 5.32 Å². The van der Waals surface area contributed by atoms with E-state index in [4.69, 9.17) is 0 Å². The van der Waals surface area contributed by atoms with Crippen molar-refractivity contribution in [1.82, 2.24) is 0 Å². The van der Waals surface area contributed by atoms with Gasteiger partial charge < -0.3 is 10.4 Å². The van der Waals surface area contributed by atoms with Crippen LogP contribution in [0.1, 0.15) is 15.9 Å². The van der Waals surface area contributed by atoms with Gasteiger partial charge in [-0.05, 0) is 64.8 Å². The van der Waals surface area contributed by atoms with Crippen LogP contribution in [0.15, 0.2) is 45.3 Å². The van der Waals surface area contributed by atoms with Gasteiger partial charge in [-0.25, -0.2) is 0 Å². The van der Waals surface area contributed by atoms with Gasteiger partial charge in [0.1, 0.15) is 5.75 Å². The molecule has 0 aliphatic carbocycles. The van der Waals surface area contributed by atoms with Crippen molar-refractivity contribution in [3.63, 3.8) is 0 Å². The van der Waals surface area contributed by atoms with E-state index in [1.807, 2.05) is 12.1 Å². The molecule has 2 rings (SSSR count). The number of halogens is 2. The molecule has 3 nitrogen and oxygen atoms in total. The molecule has 0 heterocycles. The molecule has 0 fully saturated rings. The molecule has 0 saturated carbocycles. The largest absolute Gasteiger partial charge is 0.508 e. The smallest absolute Gasteiger partial charge is 0.256 e. The van der Waals surface area contributed by atoms with Crippen molar-refractivity contribution in [2.75, 3.05) is 5.32 Å². The molecule has 2 aromatic carbocycles. The quantitative estimate of drug-likeness (QED) is 0.750. The Bertz CT molecular complexity index is 641. The molecule has 0 spiro atoms. The third-order valence-electron chi connectivity index (χ3n) is 2.63. The number of nitrogens with one attached hydrogen (secondary N) is 1. The molecular weight excluding hydrogens is 374 g/mol. The monoisotopic (exact) mass is 383 g/mol. The maximum atomic E-state index is 12.1. The number of aromatic hydroxyl groups is 1. The minimum atomic E-state index is -0.204. The van der Waals surface area contributed by atoms with Crippen LogP contribution in [0.2, 0.25) is 0 Å². The van der Waals surface area contributed by atoms with Gasteiger partial charge in [0.2, 0.25) is 0 Å². The number of hydrogen-bond acceptors (Lipinski definition) is 2. The zero-order valence-electron chi connectivity index (χ0n) is 10.1. The normalized spacial score (nSPS) is 10.3. The first kappa shape index (κ1) is 14.1. The predicted molar refractivity (Wildman–Crippen MR) is 82.6 cm³/mol. The molecule has 2 aromatic rings. The molecule has 0 aliphatic rings. The standard InChI is InChI=1S/C14H11Br2NO2/c1-8-6-10(3-5-13(8)18)17-14(19)11-4-2-9(15)7-12(11)16/h2-7,18H,1H3,(H,17,19). The van der Waals surface area contributed by atoms with Crippen molar-refractivity contribution in [3.05, 3.63) is 56.5 Å². The average Bonchev–Trinajstić information content (AvgIpc) is 2.33. The van der Waals surface area contributed by atoms with E-state index in [0.29, 0.717) is 16.8 Å². The highest BCUT2D eigenvalue weighted by atomic mass is 79.9. The van der Waals surface area contributed by atoms with Crippen LogP contribution in [-0.2, 0) is 0 Å². The summed E-state index contributed by atoms with van der Waals surface area (Å²) in [6.45, 7) is 1.78. The molecule has 0 aliphatic heterocycles. The van der Waals surface area contributed by atoms with Gasteiger partial charge in [-0.2, -0.15) is 0 Å². The number of carbonyl (C=O) groups excluding carboxylic acids is 1. The molecular formula is C14H11Br2NO2. The summed E-state index contributed by atoms with van der Waals surface area (Å²) in [4.78, 5) is 12.1. The number of aryl methyl sites for hydroxylation is 1. The van der Waals surface area contributed by atoms with Gasteiger partial charge in [-0.15, -0.1) is 0 Å². The van der Waals surface area contributed by atoms with E-state index in [1.165, 1.54) is 0 Å². The number of phenolic OH excluding ortho intramolecular Hbond substituents is 1. The van der Waals surface area contributed by atoms with Crippen molar-refractivity contribution in [2.45, 2.75) is 6.92 Å². The van der Waals surface area contributed by atoms with Crippen LogP contribution in [0.25, 0.3) is 0 Å². The Kier molecular flexibility index (Phi) is 4.27. The SMILES string of the molecule is Cc1cc(NC(=O)c2ccc(Br)cc2Br)ccc1O.